The van der Waals surface area contributed by atoms with E-state index in [0.717, 1.165) is 24.2 Å². The van der Waals surface area contributed by atoms with Gasteiger partial charge in [0, 0.05) is 31.5 Å². The highest BCUT2D eigenvalue weighted by molar-refractivity contribution is 6.31. The summed E-state index contributed by atoms with van der Waals surface area (Å²) in [4.78, 5) is 6.45. The van der Waals surface area contributed by atoms with Crippen molar-refractivity contribution in [2.24, 2.45) is 0 Å². The molecule has 0 saturated carbocycles. The minimum atomic E-state index is -0.0162. The third-order valence-corrected chi connectivity index (χ3v) is 5.27. The number of benzene rings is 1. The van der Waals surface area contributed by atoms with Crippen LogP contribution in [-0.4, -0.2) is 43.0 Å². The van der Waals surface area contributed by atoms with Gasteiger partial charge in [-0.2, -0.15) is 0 Å². The number of aliphatic hydroxyl groups is 1. The fourth-order valence-electron chi connectivity index (χ4n) is 3.52. The van der Waals surface area contributed by atoms with Crippen LogP contribution in [0.15, 0.2) is 73.4 Å². The molecule has 1 aromatic heterocycles. The van der Waals surface area contributed by atoms with Crippen molar-refractivity contribution in [3.8, 4) is 11.6 Å². The number of nitrogens with zero attached hydrogens (tertiary/aromatic N) is 2. The molecule has 7 heteroatoms. The van der Waals surface area contributed by atoms with Gasteiger partial charge in [-0.05, 0) is 54.5 Å². The predicted molar refractivity (Wildman–Crippen MR) is 123 cm³/mol. The zero-order chi connectivity index (χ0) is 22.2. The first kappa shape index (κ1) is 22.7. The first-order valence-electron chi connectivity index (χ1n) is 10.1. The fraction of sp³-hybridized carbons (Fsp3) is 0.292. The Morgan fingerprint density at radius 1 is 1.29 bits per heavy atom. The summed E-state index contributed by atoms with van der Waals surface area (Å²) >= 11 is 6.17. The Balaban J connectivity index is 1.77. The number of halogens is 1. The molecule has 6 nitrogen and oxygen atoms in total. The van der Waals surface area contributed by atoms with Gasteiger partial charge in [0.1, 0.15) is 16.9 Å². The topological polar surface area (TPSA) is 64.1 Å². The highest BCUT2D eigenvalue weighted by Crippen LogP contribution is 2.31. The van der Waals surface area contributed by atoms with E-state index in [2.05, 4.69) is 23.0 Å². The van der Waals surface area contributed by atoms with E-state index in [0.29, 0.717) is 41.1 Å². The maximum absolute atomic E-state index is 9.58. The summed E-state index contributed by atoms with van der Waals surface area (Å²) < 4.78 is 17.2. The van der Waals surface area contributed by atoms with Gasteiger partial charge in [0.2, 0.25) is 5.88 Å². The number of hydrogen-bond acceptors (Lipinski definition) is 6. The summed E-state index contributed by atoms with van der Waals surface area (Å²) in [5.41, 5.74) is 2.02. The molecule has 1 aliphatic heterocycles. The minimum Gasteiger partial charge on any atom is -0.493 e. The largest absolute Gasteiger partial charge is 0.493 e. The molecular formula is C24H27ClN2O4. The van der Waals surface area contributed by atoms with Crippen molar-refractivity contribution in [3.63, 3.8) is 0 Å². The normalized spacial score (nSPS) is 16.5. The van der Waals surface area contributed by atoms with Crippen LogP contribution in [-0.2, 0) is 11.2 Å². The molecule has 164 valence electrons. The number of rotatable bonds is 10. The van der Waals surface area contributed by atoms with Crippen molar-refractivity contribution in [2.45, 2.75) is 18.9 Å². The molecule has 1 aromatic carbocycles. The van der Waals surface area contributed by atoms with Gasteiger partial charge in [-0.1, -0.05) is 24.8 Å². The van der Waals surface area contributed by atoms with Gasteiger partial charge in [-0.25, -0.2) is 4.98 Å². The van der Waals surface area contributed by atoms with E-state index in [1.165, 1.54) is 0 Å². The minimum absolute atomic E-state index is 0.0162. The highest BCUT2D eigenvalue weighted by atomic mass is 35.5. The molecule has 1 saturated heterocycles. The number of aliphatic hydroxyl groups excluding tert-OH is 1. The maximum atomic E-state index is 9.58. The lowest BCUT2D eigenvalue weighted by Crippen LogP contribution is -2.25. The van der Waals surface area contributed by atoms with Crippen LogP contribution in [0, 0.1) is 0 Å². The molecule has 1 N–H and O–H groups in total. The number of pyridine rings is 1. The van der Waals surface area contributed by atoms with Crippen molar-refractivity contribution >= 4 is 17.3 Å². The lowest BCUT2D eigenvalue weighted by atomic mass is 10.1. The van der Waals surface area contributed by atoms with E-state index >= 15 is 0 Å². The van der Waals surface area contributed by atoms with E-state index in [1.54, 1.807) is 37.6 Å². The fourth-order valence-corrected chi connectivity index (χ4v) is 3.68. The van der Waals surface area contributed by atoms with Crippen LogP contribution in [0.3, 0.4) is 0 Å². The highest BCUT2D eigenvalue weighted by Gasteiger charge is 2.26. The number of hydrogen-bond donors (Lipinski definition) is 1. The monoisotopic (exact) mass is 442 g/mol. The molecule has 3 rings (SSSR count). The van der Waals surface area contributed by atoms with Gasteiger partial charge >= 0.3 is 0 Å². The molecule has 0 radical (unpaired) electrons. The molecule has 31 heavy (non-hydrogen) atoms. The van der Waals surface area contributed by atoms with Gasteiger partial charge in [-0.15, -0.1) is 0 Å². The summed E-state index contributed by atoms with van der Waals surface area (Å²) in [6.07, 6.45) is 6.15. The predicted octanol–water partition coefficient (Wildman–Crippen LogP) is 4.54. The molecule has 0 aliphatic carbocycles. The van der Waals surface area contributed by atoms with E-state index in [4.69, 9.17) is 25.8 Å². The molecular weight excluding hydrogens is 416 g/mol. The average Bonchev–Trinajstić information content (AvgIpc) is 3.24. The number of methoxy groups -OCH3 is 1. The average molecular weight is 443 g/mol. The second kappa shape index (κ2) is 10.9. The first-order valence-corrected chi connectivity index (χ1v) is 10.4. The Hall–Kier alpha value is -2.96. The molecule has 2 aromatic rings. The Morgan fingerprint density at radius 3 is 2.77 bits per heavy atom. The molecule has 0 spiro atoms. The van der Waals surface area contributed by atoms with E-state index in [-0.39, 0.29) is 12.7 Å². The summed E-state index contributed by atoms with van der Waals surface area (Å²) in [6.45, 7) is 9.06. The van der Waals surface area contributed by atoms with Crippen LogP contribution in [0.25, 0.3) is 0 Å². The number of aromatic nitrogens is 1. The summed E-state index contributed by atoms with van der Waals surface area (Å²) in [5, 5.41) is 10.1. The zero-order valence-corrected chi connectivity index (χ0v) is 18.3. The Labute approximate surface area is 188 Å². The lowest BCUT2D eigenvalue weighted by Gasteiger charge is -2.23. The molecule has 1 aliphatic rings. The van der Waals surface area contributed by atoms with Gasteiger partial charge in [0.25, 0.3) is 0 Å². The number of ether oxygens (including phenoxy) is 3. The van der Waals surface area contributed by atoms with E-state index in [9.17, 15) is 5.11 Å². The van der Waals surface area contributed by atoms with Crippen LogP contribution in [0.2, 0.25) is 5.02 Å². The van der Waals surface area contributed by atoms with Gasteiger partial charge < -0.3 is 24.2 Å². The molecule has 1 atom stereocenters. The third-order valence-electron chi connectivity index (χ3n) is 4.98. The molecule has 0 unspecified atom stereocenters. The summed E-state index contributed by atoms with van der Waals surface area (Å²) in [7, 11) is 1.55. The maximum Gasteiger partial charge on any atom is 0.232 e. The van der Waals surface area contributed by atoms with Crippen molar-refractivity contribution < 1.29 is 19.3 Å². The van der Waals surface area contributed by atoms with Crippen LogP contribution < -0.4 is 14.4 Å². The van der Waals surface area contributed by atoms with Crippen LogP contribution in [0.5, 0.6) is 11.6 Å². The second-order valence-corrected chi connectivity index (χ2v) is 7.38. The summed E-state index contributed by atoms with van der Waals surface area (Å²) in [6, 6.07) is 9.35. The van der Waals surface area contributed by atoms with Crippen LogP contribution in [0.4, 0.5) is 5.69 Å². The zero-order valence-electron chi connectivity index (χ0n) is 17.6. The van der Waals surface area contributed by atoms with E-state index in [1.807, 2.05) is 18.2 Å². The summed E-state index contributed by atoms with van der Waals surface area (Å²) in [5.74, 6) is 2.05. The SMILES string of the molecule is C=C/C(OC)=C(\C=C)Oc1ccc(N2CC[C@H](Oc3ncccc3Cl)C2)c(CCO)c1. The number of anilines is 1. The van der Waals surface area contributed by atoms with Gasteiger partial charge in [0.15, 0.2) is 11.5 Å². The van der Waals surface area contributed by atoms with Crippen LogP contribution >= 0.6 is 11.6 Å². The van der Waals surface area contributed by atoms with Crippen molar-refractivity contribution in [1.29, 1.82) is 0 Å². The third kappa shape index (κ3) is 5.60. The number of allylic oxidation sites excluding steroid dienone is 2. The van der Waals surface area contributed by atoms with E-state index < -0.39 is 0 Å². The lowest BCUT2D eigenvalue weighted by molar-refractivity contribution is 0.216. The molecule has 2 heterocycles. The van der Waals surface area contributed by atoms with Gasteiger partial charge in [0.05, 0.1) is 13.7 Å². The molecule has 0 amide bonds. The quantitative estimate of drug-likeness (QED) is 0.430. The van der Waals surface area contributed by atoms with Crippen LogP contribution in [0.1, 0.15) is 12.0 Å². The molecule has 0 bridgehead atoms. The van der Waals surface area contributed by atoms with Gasteiger partial charge in [-0.3, -0.25) is 0 Å². The van der Waals surface area contributed by atoms with Crippen molar-refractivity contribution in [1.82, 2.24) is 4.98 Å². The molecule has 1 fully saturated rings. The first-order chi connectivity index (χ1) is 15.1. The smallest absolute Gasteiger partial charge is 0.232 e. The Kier molecular flexibility index (Phi) is 7.98. The standard InChI is InChI=1S/C24H27ClN2O4/c1-4-22(29-3)23(5-2)30-18-8-9-21(17(15-18)11-14-28)27-13-10-19(16-27)31-24-20(25)7-6-12-26-24/h4-9,12,15,19,28H,1-2,10-11,13-14,16H2,3H3/b23-22-/t19-/m0/s1. The van der Waals surface area contributed by atoms with Crippen molar-refractivity contribution in [3.05, 3.63) is 83.9 Å². The Bertz CT molecular complexity index is 960. The Morgan fingerprint density at radius 2 is 2.10 bits per heavy atom. The second-order valence-electron chi connectivity index (χ2n) is 6.97. The van der Waals surface area contributed by atoms with Crippen molar-refractivity contribution in [2.75, 3.05) is 31.7 Å².